The average molecular weight is 242 g/mol. The minimum Gasteiger partial charge on any atom is -0.450 e. The molecule has 0 aliphatic rings. The first-order valence-electron chi connectivity index (χ1n) is 3.63. The van der Waals surface area contributed by atoms with Crippen molar-refractivity contribution in [3.8, 4) is 0 Å². The standard InChI is InChI=1S/C6H10O8S/c1-15(11,12)3-4(14-6(9)10)2-13-5(7)8/h4H,2-3H2,1H3,(H,7,8)(H,9,10). The highest BCUT2D eigenvalue weighted by Gasteiger charge is 2.21. The van der Waals surface area contributed by atoms with E-state index in [-0.39, 0.29) is 0 Å². The lowest BCUT2D eigenvalue weighted by molar-refractivity contribution is 0.0135. The molecule has 0 aromatic carbocycles. The second kappa shape index (κ2) is 5.39. The zero-order chi connectivity index (χ0) is 12.1. The Balaban J connectivity index is 4.31. The average Bonchev–Trinajstić information content (AvgIpc) is 1.95. The molecule has 0 saturated heterocycles. The van der Waals surface area contributed by atoms with Gasteiger partial charge in [0.2, 0.25) is 0 Å². The first kappa shape index (κ1) is 13.5. The van der Waals surface area contributed by atoms with E-state index in [1.165, 1.54) is 0 Å². The van der Waals surface area contributed by atoms with E-state index in [9.17, 15) is 18.0 Å². The minimum atomic E-state index is -3.48. The van der Waals surface area contributed by atoms with Crippen LogP contribution in [-0.2, 0) is 19.3 Å². The third kappa shape index (κ3) is 8.81. The van der Waals surface area contributed by atoms with E-state index < -0.39 is 40.6 Å². The van der Waals surface area contributed by atoms with Crippen LogP contribution in [0.1, 0.15) is 0 Å². The molecule has 0 fully saturated rings. The summed E-state index contributed by atoms with van der Waals surface area (Å²) in [5, 5.41) is 16.3. The molecule has 15 heavy (non-hydrogen) atoms. The Kier molecular flexibility index (Phi) is 4.85. The molecule has 0 spiro atoms. The number of hydrogen-bond donors (Lipinski definition) is 2. The Morgan fingerprint density at radius 1 is 1.27 bits per heavy atom. The molecule has 9 heteroatoms. The van der Waals surface area contributed by atoms with E-state index in [2.05, 4.69) is 9.47 Å². The van der Waals surface area contributed by atoms with Gasteiger partial charge in [0.25, 0.3) is 0 Å². The van der Waals surface area contributed by atoms with Crippen molar-refractivity contribution in [1.82, 2.24) is 0 Å². The van der Waals surface area contributed by atoms with Crippen LogP contribution in [0.15, 0.2) is 0 Å². The fraction of sp³-hybridized carbons (Fsp3) is 0.667. The molecule has 0 amide bonds. The van der Waals surface area contributed by atoms with Crippen LogP contribution in [0, 0.1) is 0 Å². The van der Waals surface area contributed by atoms with E-state index in [4.69, 9.17) is 10.2 Å². The van der Waals surface area contributed by atoms with Gasteiger partial charge in [-0.15, -0.1) is 0 Å². The van der Waals surface area contributed by atoms with Crippen molar-refractivity contribution in [2.75, 3.05) is 18.6 Å². The van der Waals surface area contributed by atoms with E-state index in [1.807, 2.05) is 0 Å². The number of sulfone groups is 1. The van der Waals surface area contributed by atoms with Gasteiger partial charge in [0, 0.05) is 6.26 Å². The van der Waals surface area contributed by atoms with Gasteiger partial charge in [-0.05, 0) is 0 Å². The van der Waals surface area contributed by atoms with Gasteiger partial charge in [0.1, 0.15) is 6.61 Å². The summed E-state index contributed by atoms with van der Waals surface area (Å²) < 4.78 is 29.7. The molecular formula is C6H10O8S. The van der Waals surface area contributed by atoms with Crippen LogP contribution in [0.5, 0.6) is 0 Å². The molecule has 0 bridgehead atoms. The molecule has 0 aliphatic heterocycles. The van der Waals surface area contributed by atoms with Gasteiger partial charge in [-0.3, -0.25) is 0 Å². The van der Waals surface area contributed by atoms with Gasteiger partial charge in [-0.1, -0.05) is 0 Å². The van der Waals surface area contributed by atoms with Crippen LogP contribution < -0.4 is 0 Å². The molecule has 2 N–H and O–H groups in total. The van der Waals surface area contributed by atoms with Gasteiger partial charge in [-0.25, -0.2) is 18.0 Å². The lowest BCUT2D eigenvalue weighted by Crippen LogP contribution is -2.31. The molecule has 88 valence electrons. The number of ether oxygens (including phenoxy) is 2. The summed E-state index contributed by atoms with van der Waals surface area (Å²) in [4.78, 5) is 20.1. The highest BCUT2D eigenvalue weighted by molar-refractivity contribution is 7.90. The van der Waals surface area contributed by atoms with Crippen molar-refractivity contribution in [2.45, 2.75) is 6.10 Å². The molecule has 0 aromatic rings. The van der Waals surface area contributed by atoms with Crippen LogP contribution in [-0.4, -0.2) is 55.7 Å². The smallest absolute Gasteiger partial charge is 0.450 e. The largest absolute Gasteiger partial charge is 0.506 e. The summed E-state index contributed by atoms with van der Waals surface area (Å²) in [5.74, 6) is -0.632. The van der Waals surface area contributed by atoms with Crippen LogP contribution in [0.2, 0.25) is 0 Å². The molecule has 1 unspecified atom stereocenters. The van der Waals surface area contributed by atoms with Crippen LogP contribution in [0.25, 0.3) is 0 Å². The first-order valence-corrected chi connectivity index (χ1v) is 5.70. The van der Waals surface area contributed by atoms with E-state index >= 15 is 0 Å². The van der Waals surface area contributed by atoms with Crippen molar-refractivity contribution in [3.63, 3.8) is 0 Å². The van der Waals surface area contributed by atoms with Gasteiger partial charge >= 0.3 is 12.3 Å². The SMILES string of the molecule is CS(=O)(=O)CC(COC(=O)O)OC(=O)O. The molecule has 0 heterocycles. The van der Waals surface area contributed by atoms with Gasteiger partial charge in [0.05, 0.1) is 5.75 Å². The molecule has 0 aliphatic carbocycles. The summed E-state index contributed by atoms with van der Waals surface area (Å²) in [6.07, 6.45) is -3.82. The van der Waals surface area contributed by atoms with Crippen LogP contribution in [0.3, 0.4) is 0 Å². The minimum absolute atomic E-state index is 0.632. The Morgan fingerprint density at radius 3 is 2.13 bits per heavy atom. The lowest BCUT2D eigenvalue weighted by Gasteiger charge is -2.13. The summed E-state index contributed by atoms with van der Waals surface area (Å²) in [6.45, 7) is -0.658. The second-order valence-corrected chi connectivity index (χ2v) is 4.86. The number of rotatable bonds is 5. The third-order valence-electron chi connectivity index (χ3n) is 1.15. The molecule has 0 rings (SSSR count). The topological polar surface area (TPSA) is 127 Å². The molecule has 0 aromatic heterocycles. The predicted molar refractivity (Wildman–Crippen MR) is 46.6 cm³/mol. The highest BCUT2D eigenvalue weighted by atomic mass is 32.2. The quantitative estimate of drug-likeness (QED) is 0.634. The maximum absolute atomic E-state index is 10.8. The Morgan fingerprint density at radius 2 is 1.80 bits per heavy atom. The van der Waals surface area contributed by atoms with Gasteiger partial charge in [0.15, 0.2) is 15.9 Å². The third-order valence-corrected chi connectivity index (χ3v) is 2.13. The van der Waals surface area contributed by atoms with E-state index in [0.29, 0.717) is 0 Å². The van der Waals surface area contributed by atoms with Crippen molar-refractivity contribution in [3.05, 3.63) is 0 Å². The summed E-state index contributed by atoms with van der Waals surface area (Å²) in [6, 6.07) is 0. The number of hydrogen-bond acceptors (Lipinski definition) is 6. The first-order chi connectivity index (χ1) is 6.70. The summed E-state index contributed by atoms with van der Waals surface area (Å²) in [5.41, 5.74) is 0. The monoisotopic (exact) mass is 242 g/mol. The zero-order valence-corrected chi connectivity index (χ0v) is 8.56. The van der Waals surface area contributed by atoms with Crippen molar-refractivity contribution in [2.24, 2.45) is 0 Å². The van der Waals surface area contributed by atoms with Crippen LogP contribution in [0.4, 0.5) is 9.59 Å². The lowest BCUT2D eigenvalue weighted by atomic mass is 10.4. The summed E-state index contributed by atoms with van der Waals surface area (Å²) >= 11 is 0. The maximum Gasteiger partial charge on any atom is 0.506 e. The van der Waals surface area contributed by atoms with Gasteiger partial charge in [-0.2, -0.15) is 0 Å². The molecule has 8 nitrogen and oxygen atoms in total. The fourth-order valence-corrected chi connectivity index (χ4v) is 1.60. The maximum atomic E-state index is 10.8. The summed E-state index contributed by atoms with van der Waals surface area (Å²) in [7, 11) is -3.48. The Labute approximate surface area is 85.3 Å². The van der Waals surface area contributed by atoms with Crippen molar-refractivity contribution in [1.29, 1.82) is 0 Å². The van der Waals surface area contributed by atoms with E-state index in [0.717, 1.165) is 6.26 Å². The Hall–Kier alpha value is -1.51. The van der Waals surface area contributed by atoms with Crippen LogP contribution >= 0.6 is 0 Å². The van der Waals surface area contributed by atoms with Crippen molar-refractivity contribution < 1.29 is 37.7 Å². The second-order valence-electron chi connectivity index (χ2n) is 2.68. The van der Waals surface area contributed by atoms with Gasteiger partial charge < -0.3 is 19.7 Å². The van der Waals surface area contributed by atoms with Crippen molar-refractivity contribution >= 4 is 22.1 Å². The fourth-order valence-electron chi connectivity index (χ4n) is 0.761. The highest BCUT2D eigenvalue weighted by Crippen LogP contribution is 1.99. The predicted octanol–water partition coefficient (Wildman–Crippen LogP) is -0.211. The molecule has 0 radical (unpaired) electrons. The number of carboxylic acid groups (broad SMARTS) is 2. The zero-order valence-electron chi connectivity index (χ0n) is 7.74. The molecular weight excluding hydrogens is 232 g/mol. The molecule has 1 atom stereocenters. The molecule has 0 saturated carbocycles. The normalized spacial score (nSPS) is 12.9. The van der Waals surface area contributed by atoms with E-state index in [1.54, 1.807) is 0 Å². The number of carbonyl (C=O) groups is 2. The Bertz CT molecular complexity index is 331.